The van der Waals surface area contributed by atoms with E-state index in [4.69, 9.17) is 0 Å². The molecule has 0 aromatic carbocycles. The summed E-state index contributed by atoms with van der Waals surface area (Å²) >= 11 is 1.65. The lowest BCUT2D eigenvalue weighted by molar-refractivity contribution is 0.143. The van der Waals surface area contributed by atoms with Crippen molar-refractivity contribution >= 4 is 11.3 Å². The molecule has 18 heavy (non-hydrogen) atoms. The third kappa shape index (κ3) is 5.98. The average molecular weight is 269 g/mol. The number of rotatable bonds is 10. The van der Waals surface area contributed by atoms with Gasteiger partial charge < -0.3 is 10.0 Å². The zero-order valence-electron chi connectivity index (χ0n) is 11.8. The smallest absolute Gasteiger partial charge is 0.0894 e. The molecule has 0 spiro atoms. The van der Waals surface area contributed by atoms with Crippen LogP contribution in [0.2, 0.25) is 0 Å². The molecule has 2 nitrogen and oxygen atoms in total. The largest absolute Gasteiger partial charge is 0.388 e. The van der Waals surface area contributed by atoms with Crippen LogP contribution in [0.3, 0.4) is 0 Å². The van der Waals surface area contributed by atoms with Gasteiger partial charge in [0.15, 0.2) is 0 Å². The first-order valence-corrected chi connectivity index (χ1v) is 8.09. The van der Waals surface area contributed by atoms with Gasteiger partial charge >= 0.3 is 0 Å². The summed E-state index contributed by atoms with van der Waals surface area (Å²) in [6, 6.07) is 4.03. The Labute approximate surface area is 116 Å². The van der Waals surface area contributed by atoms with Crippen molar-refractivity contribution in [1.82, 2.24) is 4.90 Å². The fraction of sp³-hybridized carbons (Fsp3) is 0.733. The highest BCUT2D eigenvalue weighted by molar-refractivity contribution is 7.10. The minimum absolute atomic E-state index is 0.282. The molecular formula is C15H27NOS. The van der Waals surface area contributed by atoms with Crippen molar-refractivity contribution in [2.45, 2.75) is 52.1 Å². The highest BCUT2D eigenvalue weighted by atomic mass is 32.1. The van der Waals surface area contributed by atoms with Crippen LogP contribution in [0.5, 0.6) is 0 Å². The van der Waals surface area contributed by atoms with E-state index in [1.165, 1.54) is 38.8 Å². The van der Waals surface area contributed by atoms with E-state index >= 15 is 0 Å². The van der Waals surface area contributed by atoms with E-state index in [9.17, 15) is 5.11 Å². The van der Waals surface area contributed by atoms with Gasteiger partial charge in [-0.05, 0) is 43.8 Å². The van der Waals surface area contributed by atoms with Crippen LogP contribution in [0, 0.1) is 0 Å². The highest BCUT2D eigenvalue weighted by Gasteiger charge is 2.11. The summed E-state index contributed by atoms with van der Waals surface area (Å²) in [7, 11) is 0. The molecule has 1 N–H and O–H groups in total. The van der Waals surface area contributed by atoms with Crippen LogP contribution in [0.1, 0.15) is 56.9 Å². The van der Waals surface area contributed by atoms with Gasteiger partial charge in [0.2, 0.25) is 0 Å². The quantitative estimate of drug-likeness (QED) is 0.692. The summed E-state index contributed by atoms with van der Waals surface area (Å²) in [5.74, 6) is 0. The number of hydrogen-bond donors (Lipinski definition) is 1. The van der Waals surface area contributed by atoms with E-state index in [-0.39, 0.29) is 6.10 Å². The SMILES string of the molecule is CCCCN(CCCC)CC[C@H](O)c1cccs1. The van der Waals surface area contributed by atoms with Crippen molar-refractivity contribution in [2.24, 2.45) is 0 Å². The molecule has 1 rings (SSSR count). The van der Waals surface area contributed by atoms with E-state index in [2.05, 4.69) is 18.7 Å². The molecule has 1 aromatic heterocycles. The van der Waals surface area contributed by atoms with Crippen molar-refractivity contribution in [1.29, 1.82) is 0 Å². The van der Waals surface area contributed by atoms with Crippen LogP contribution in [0.4, 0.5) is 0 Å². The zero-order valence-corrected chi connectivity index (χ0v) is 12.6. The standard InChI is InChI=1S/C15H27NOS/c1-3-5-10-16(11-6-4-2)12-9-14(17)15-8-7-13-18-15/h7-8,13-14,17H,3-6,9-12H2,1-2H3/t14-/m0/s1. The number of hydrogen-bond acceptors (Lipinski definition) is 3. The van der Waals surface area contributed by atoms with Gasteiger partial charge in [0.1, 0.15) is 0 Å². The average Bonchev–Trinajstić information content (AvgIpc) is 2.91. The molecule has 104 valence electrons. The predicted molar refractivity (Wildman–Crippen MR) is 80.2 cm³/mol. The van der Waals surface area contributed by atoms with Crippen LogP contribution < -0.4 is 0 Å². The Kier molecular flexibility index (Phi) is 8.31. The Morgan fingerprint density at radius 2 is 1.83 bits per heavy atom. The van der Waals surface area contributed by atoms with Crippen molar-refractivity contribution < 1.29 is 5.11 Å². The zero-order chi connectivity index (χ0) is 13.2. The molecule has 1 heterocycles. The summed E-state index contributed by atoms with van der Waals surface area (Å²) in [4.78, 5) is 3.60. The molecule has 0 saturated carbocycles. The Balaban J connectivity index is 2.30. The molecule has 0 fully saturated rings. The second-order valence-corrected chi connectivity index (χ2v) is 5.85. The Morgan fingerprint density at radius 1 is 1.17 bits per heavy atom. The fourth-order valence-corrected chi connectivity index (χ4v) is 2.77. The molecule has 0 radical (unpaired) electrons. The highest BCUT2D eigenvalue weighted by Crippen LogP contribution is 2.21. The van der Waals surface area contributed by atoms with E-state index in [0.29, 0.717) is 0 Å². The summed E-state index contributed by atoms with van der Waals surface area (Å²) in [6.07, 6.45) is 5.59. The Hall–Kier alpha value is -0.380. The fourth-order valence-electron chi connectivity index (χ4n) is 2.03. The number of nitrogens with zero attached hydrogens (tertiary/aromatic N) is 1. The minimum atomic E-state index is -0.282. The van der Waals surface area contributed by atoms with Gasteiger partial charge in [0, 0.05) is 11.4 Å². The molecule has 1 aromatic rings. The van der Waals surface area contributed by atoms with E-state index in [0.717, 1.165) is 17.8 Å². The molecule has 0 unspecified atom stereocenters. The minimum Gasteiger partial charge on any atom is -0.388 e. The molecule has 0 saturated heterocycles. The Morgan fingerprint density at radius 3 is 2.33 bits per heavy atom. The number of unbranched alkanes of at least 4 members (excludes halogenated alkanes) is 2. The summed E-state index contributed by atoms with van der Waals surface area (Å²) < 4.78 is 0. The summed E-state index contributed by atoms with van der Waals surface area (Å²) in [6.45, 7) is 7.83. The maximum absolute atomic E-state index is 10.1. The second kappa shape index (κ2) is 9.54. The molecular weight excluding hydrogens is 242 g/mol. The summed E-state index contributed by atoms with van der Waals surface area (Å²) in [5, 5.41) is 12.1. The second-order valence-electron chi connectivity index (χ2n) is 4.87. The molecule has 0 aliphatic heterocycles. The predicted octanol–water partition coefficient (Wildman–Crippen LogP) is 4.07. The molecule has 0 bridgehead atoms. The lowest BCUT2D eigenvalue weighted by Crippen LogP contribution is -2.28. The summed E-state index contributed by atoms with van der Waals surface area (Å²) in [5.41, 5.74) is 0. The third-order valence-corrected chi connectivity index (χ3v) is 4.22. The maximum Gasteiger partial charge on any atom is 0.0894 e. The normalized spacial score (nSPS) is 13.1. The van der Waals surface area contributed by atoms with Crippen molar-refractivity contribution in [3.8, 4) is 0 Å². The first-order chi connectivity index (χ1) is 8.77. The molecule has 0 aliphatic carbocycles. The van der Waals surface area contributed by atoms with E-state index in [1.807, 2.05) is 17.5 Å². The topological polar surface area (TPSA) is 23.5 Å². The van der Waals surface area contributed by atoms with Crippen molar-refractivity contribution in [2.75, 3.05) is 19.6 Å². The van der Waals surface area contributed by atoms with E-state index in [1.54, 1.807) is 11.3 Å². The van der Waals surface area contributed by atoms with Gasteiger partial charge in [-0.1, -0.05) is 32.8 Å². The van der Waals surface area contributed by atoms with Crippen LogP contribution in [0.25, 0.3) is 0 Å². The van der Waals surface area contributed by atoms with Crippen LogP contribution in [0.15, 0.2) is 17.5 Å². The molecule has 0 amide bonds. The van der Waals surface area contributed by atoms with Crippen LogP contribution in [-0.2, 0) is 0 Å². The number of aliphatic hydroxyl groups excluding tert-OH is 1. The van der Waals surface area contributed by atoms with Gasteiger partial charge in [0.05, 0.1) is 6.10 Å². The monoisotopic (exact) mass is 269 g/mol. The third-order valence-electron chi connectivity index (χ3n) is 3.25. The molecule has 0 aliphatic rings. The van der Waals surface area contributed by atoms with Crippen LogP contribution in [-0.4, -0.2) is 29.6 Å². The van der Waals surface area contributed by atoms with Crippen LogP contribution >= 0.6 is 11.3 Å². The van der Waals surface area contributed by atoms with Gasteiger partial charge in [-0.25, -0.2) is 0 Å². The first-order valence-electron chi connectivity index (χ1n) is 7.21. The maximum atomic E-state index is 10.1. The molecule has 1 atom stereocenters. The van der Waals surface area contributed by atoms with Crippen molar-refractivity contribution in [3.63, 3.8) is 0 Å². The van der Waals surface area contributed by atoms with Gasteiger partial charge in [0.25, 0.3) is 0 Å². The number of aliphatic hydroxyl groups is 1. The van der Waals surface area contributed by atoms with E-state index < -0.39 is 0 Å². The lowest BCUT2D eigenvalue weighted by atomic mass is 10.2. The Bertz CT molecular complexity index is 279. The van der Waals surface area contributed by atoms with Gasteiger partial charge in [-0.3, -0.25) is 0 Å². The first kappa shape index (κ1) is 15.7. The van der Waals surface area contributed by atoms with Crippen molar-refractivity contribution in [3.05, 3.63) is 22.4 Å². The lowest BCUT2D eigenvalue weighted by Gasteiger charge is -2.23. The van der Waals surface area contributed by atoms with Gasteiger partial charge in [-0.2, -0.15) is 0 Å². The number of thiophene rings is 1. The molecule has 3 heteroatoms. The van der Waals surface area contributed by atoms with Gasteiger partial charge in [-0.15, -0.1) is 11.3 Å².